The molecule has 0 N–H and O–H groups in total. The number of amides is 1. The van der Waals surface area contributed by atoms with E-state index in [9.17, 15) is 18.8 Å². The van der Waals surface area contributed by atoms with E-state index >= 15 is 0 Å². The Morgan fingerprint density at radius 3 is 2.70 bits per heavy atom. The minimum absolute atomic E-state index is 0.144. The van der Waals surface area contributed by atoms with Crippen molar-refractivity contribution in [3.8, 4) is 5.69 Å². The zero-order valence-electron chi connectivity index (χ0n) is 12.0. The second kappa shape index (κ2) is 5.63. The molecule has 2 aromatic rings. The minimum atomic E-state index is -0.817. The van der Waals surface area contributed by atoms with E-state index < -0.39 is 29.4 Å². The van der Waals surface area contributed by atoms with E-state index in [1.165, 1.54) is 30.2 Å². The maximum atomic E-state index is 13.2. The summed E-state index contributed by atoms with van der Waals surface area (Å²) in [5.74, 6) is -1.36. The van der Waals surface area contributed by atoms with Gasteiger partial charge in [0.15, 0.2) is 0 Å². The Bertz CT molecular complexity index is 824. The number of esters is 1. The number of benzene rings is 1. The summed E-state index contributed by atoms with van der Waals surface area (Å²) in [6, 6.07) is 4.50. The van der Waals surface area contributed by atoms with Crippen molar-refractivity contribution in [1.82, 2.24) is 24.7 Å². The number of carbonyl (C=O) groups is 2. The minimum Gasteiger partial charge on any atom is -0.469 e. The van der Waals surface area contributed by atoms with E-state index in [4.69, 9.17) is 0 Å². The Labute approximate surface area is 128 Å². The maximum absolute atomic E-state index is 13.2. The average Bonchev–Trinajstić information content (AvgIpc) is 2.87. The standard InChI is InChI=1S/C13H12FN5O4/c1-23-11(20)8-6-17(7-8)12(21)19-13(22)18(15-16-19)10-4-2-3-9(14)5-10/h2-5,8H,6-7H2,1H3. The smallest absolute Gasteiger partial charge is 0.377 e. The topological polar surface area (TPSA) is 99.3 Å². The Balaban J connectivity index is 1.79. The third-order valence-electron chi connectivity index (χ3n) is 3.50. The molecule has 0 aliphatic carbocycles. The van der Waals surface area contributed by atoms with Crippen molar-refractivity contribution < 1.29 is 18.7 Å². The number of hydrogen-bond acceptors (Lipinski definition) is 6. The summed E-state index contributed by atoms with van der Waals surface area (Å²) in [6.07, 6.45) is 0. The molecule has 1 amide bonds. The molecule has 10 heteroatoms. The van der Waals surface area contributed by atoms with Crippen molar-refractivity contribution in [3.05, 3.63) is 40.6 Å². The molecule has 3 rings (SSSR count). The highest BCUT2D eigenvalue weighted by Gasteiger charge is 2.38. The summed E-state index contributed by atoms with van der Waals surface area (Å²) >= 11 is 0. The summed E-state index contributed by atoms with van der Waals surface area (Å²) in [6.45, 7) is 0.287. The maximum Gasteiger partial charge on any atom is 0.377 e. The first kappa shape index (κ1) is 14.9. The molecule has 1 saturated heterocycles. The number of carbonyl (C=O) groups excluding carboxylic acids is 2. The van der Waals surface area contributed by atoms with E-state index in [-0.39, 0.29) is 18.8 Å². The number of nitrogens with zero attached hydrogens (tertiary/aromatic N) is 5. The van der Waals surface area contributed by atoms with Gasteiger partial charge in [0.1, 0.15) is 5.82 Å². The van der Waals surface area contributed by atoms with Crippen LogP contribution >= 0.6 is 0 Å². The molecule has 0 bridgehead atoms. The summed E-state index contributed by atoms with van der Waals surface area (Å²) in [5, 5.41) is 7.07. The Morgan fingerprint density at radius 2 is 2.04 bits per heavy atom. The molecule has 2 heterocycles. The van der Waals surface area contributed by atoms with Crippen LogP contribution in [0.25, 0.3) is 5.69 Å². The van der Waals surface area contributed by atoms with Gasteiger partial charge in [-0.15, -0.1) is 4.68 Å². The van der Waals surface area contributed by atoms with Crippen LogP contribution in [0.1, 0.15) is 0 Å². The fourth-order valence-electron chi connectivity index (χ4n) is 2.22. The van der Waals surface area contributed by atoms with Gasteiger partial charge >= 0.3 is 17.7 Å². The SMILES string of the molecule is COC(=O)C1CN(C(=O)n2nnn(-c3cccc(F)c3)c2=O)C1. The molecule has 0 saturated carbocycles. The van der Waals surface area contributed by atoms with Crippen LogP contribution in [0.4, 0.5) is 9.18 Å². The number of likely N-dealkylation sites (tertiary alicyclic amines) is 1. The zero-order chi connectivity index (χ0) is 16.6. The lowest BCUT2D eigenvalue weighted by Gasteiger charge is -2.36. The Morgan fingerprint density at radius 1 is 1.30 bits per heavy atom. The van der Waals surface area contributed by atoms with Gasteiger partial charge in [0.05, 0.1) is 18.7 Å². The van der Waals surface area contributed by atoms with Gasteiger partial charge in [-0.25, -0.2) is 14.0 Å². The molecular formula is C13H12FN5O4. The molecule has 0 atom stereocenters. The van der Waals surface area contributed by atoms with Crippen LogP contribution in [0.5, 0.6) is 0 Å². The first-order valence-corrected chi connectivity index (χ1v) is 6.69. The number of halogens is 1. The monoisotopic (exact) mass is 321 g/mol. The first-order valence-electron chi connectivity index (χ1n) is 6.69. The van der Waals surface area contributed by atoms with Crippen LogP contribution in [0.2, 0.25) is 0 Å². The van der Waals surface area contributed by atoms with Crippen molar-refractivity contribution in [3.63, 3.8) is 0 Å². The Kier molecular flexibility index (Phi) is 3.64. The molecular weight excluding hydrogens is 309 g/mol. The number of hydrogen-bond donors (Lipinski definition) is 0. The van der Waals surface area contributed by atoms with Crippen molar-refractivity contribution in [2.45, 2.75) is 0 Å². The number of methoxy groups -OCH3 is 1. The van der Waals surface area contributed by atoms with E-state index in [1.54, 1.807) is 0 Å². The fourth-order valence-corrected chi connectivity index (χ4v) is 2.22. The quantitative estimate of drug-likeness (QED) is 0.553. The normalized spacial score (nSPS) is 14.4. The third-order valence-corrected chi connectivity index (χ3v) is 3.50. The summed E-state index contributed by atoms with van der Waals surface area (Å²) in [5.41, 5.74) is -0.660. The highest BCUT2D eigenvalue weighted by molar-refractivity contribution is 5.81. The molecule has 0 radical (unpaired) electrons. The number of aromatic nitrogens is 4. The highest BCUT2D eigenvalue weighted by atomic mass is 19.1. The van der Waals surface area contributed by atoms with Gasteiger partial charge < -0.3 is 9.64 Å². The third kappa shape index (κ3) is 2.58. The van der Waals surface area contributed by atoms with Gasteiger partial charge in [-0.05, 0) is 28.6 Å². The highest BCUT2D eigenvalue weighted by Crippen LogP contribution is 2.17. The van der Waals surface area contributed by atoms with E-state index in [1.807, 2.05) is 0 Å². The second-order valence-electron chi connectivity index (χ2n) is 4.97. The molecule has 1 aliphatic rings. The molecule has 0 unspecified atom stereocenters. The number of rotatable bonds is 2. The second-order valence-corrected chi connectivity index (χ2v) is 4.97. The van der Waals surface area contributed by atoms with Crippen LogP contribution in [0.3, 0.4) is 0 Å². The van der Waals surface area contributed by atoms with Crippen LogP contribution in [-0.2, 0) is 9.53 Å². The lowest BCUT2D eigenvalue weighted by Crippen LogP contribution is -2.56. The van der Waals surface area contributed by atoms with Gasteiger partial charge in [0, 0.05) is 13.1 Å². The Hall–Kier alpha value is -3.04. The van der Waals surface area contributed by atoms with Gasteiger partial charge in [-0.2, -0.15) is 4.68 Å². The molecule has 9 nitrogen and oxygen atoms in total. The zero-order valence-corrected chi connectivity index (χ0v) is 12.0. The molecule has 1 aliphatic heterocycles. The number of tetrazole rings is 1. The number of ether oxygens (including phenoxy) is 1. The molecule has 23 heavy (non-hydrogen) atoms. The molecule has 0 spiro atoms. The van der Waals surface area contributed by atoms with Crippen molar-refractivity contribution >= 4 is 12.0 Å². The van der Waals surface area contributed by atoms with Crippen molar-refractivity contribution in [1.29, 1.82) is 0 Å². The summed E-state index contributed by atoms with van der Waals surface area (Å²) < 4.78 is 19.2. The predicted molar refractivity (Wildman–Crippen MR) is 73.5 cm³/mol. The van der Waals surface area contributed by atoms with E-state index in [0.717, 1.165) is 10.7 Å². The van der Waals surface area contributed by atoms with Crippen LogP contribution in [0.15, 0.2) is 29.1 Å². The summed E-state index contributed by atoms with van der Waals surface area (Å²) in [4.78, 5) is 36.9. The molecule has 1 aromatic carbocycles. The van der Waals surface area contributed by atoms with E-state index in [2.05, 4.69) is 15.2 Å². The largest absolute Gasteiger partial charge is 0.469 e. The van der Waals surface area contributed by atoms with Crippen molar-refractivity contribution in [2.75, 3.05) is 20.2 Å². The molecule has 120 valence electrons. The van der Waals surface area contributed by atoms with Crippen LogP contribution in [-0.4, -0.2) is 56.9 Å². The van der Waals surface area contributed by atoms with Gasteiger partial charge in [0.2, 0.25) is 0 Å². The lowest BCUT2D eigenvalue weighted by atomic mass is 10.0. The summed E-state index contributed by atoms with van der Waals surface area (Å²) in [7, 11) is 1.27. The lowest BCUT2D eigenvalue weighted by molar-refractivity contribution is -0.149. The van der Waals surface area contributed by atoms with Gasteiger partial charge in [0.25, 0.3) is 0 Å². The molecule has 1 aromatic heterocycles. The van der Waals surface area contributed by atoms with Crippen LogP contribution in [0, 0.1) is 11.7 Å². The average molecular weight is 321 g/mol. The van der Waals surface area contributed by atoms with Gasteiger partial charge in [-0.1, -0.05) is 6.07 Å². The van der Waals surface area contributed by atoms with Crippen molar-refractivity contribution in [2.24, 2.45) is 5.92 Å². The predicted octanol–water partition coefficient (Wildman–Crippen LogP) is -0.359. The van der Waals surface area contributed by atoms with E-state index in [0.29, 0.717) is 4.68 Å². The van der Waals surface area contributed by atoms with Crippen LogP contribution < -0.4 is 5.69 Å². The fraction of sp³-hybridized carbons (Fsp3) is 0.308. The first-order chi connectivity index (χ1) is 11.0. The molecule has 1 fully saturated rings. The van der Waals surface area contributed by atoms with Gasteiger partial charge in [-0.3, -0.25) is 4.79 Å².